The molecule has 0 spiro atoms. The molecule has 36 heavy (non-hydrogen) atoms. The van der Waals surface area contributed by atoms with Gasteiger partial charge >= 0.3 is 5.97 Å². The number of carboxylic acid groups (broad SMARTS) is 1. The van der Waals surface area contributed by atoms with Gasteiger partial charge in [0.2, 0.25) is 5.88 Å². The molecule has 1 aromatic carbocycles. The molecule has 2 aliphatic rings. The number of ether oxygens (including phenoxy) is 2. The summed E-state index contributed by atoms with van der Waals surface area (Å²) >= 11 is 1.72. The molecule has 0 bridgehead atoms. The molecule has 1 fully saturated rings. The number of aliphatic carboxylic acids is 1. The number of benzene rings is 1. The van der Waals surface area contributed by atoms with Crippen LogP contribution in [-0.4, -0.2) is 54.0 Å². The first kappa shape index (κ1) is 26.0. The number of nitrogens with zero attached hydrogens (tertiary/aromatic N) is 2. The Morgan fingerprint density at radius 2 is 2.03 bits per heavy atom. The third-order valence-corrected chi connectivity index (χ3v) is 7.53. The number of allylic oxidation sites excluding steroid dienone is 4. The van der Waals surface area contributed by atoms with Crippen molar-refractivity contribution in [3.8, 4) is 22.9 Å². The monoisotopic (exact) mass is 506 g/mol. The summed E-state index contributed by atoms with van der Waals surface area (Å²) in [5.41, 5.74) is 6.40. The molecular weight excluding hydrogens is 472 g/mol. The summed E-state index contributed by atoms with van der Waals surface area (Å²) in [6.07, 6.45) is 7.89. The van der Waals surface area contributed by atoms with Crippen molar-refractivity contribution in [3.05, 3.63) is 75.9 Å². The summed E-state index contributed by atoms with van der Waals surface area (Å²) in [5, 5.41) is 9.14. The van der Waals surface area contributed by atoms with Gasteiger partial charge in [-0.2, -0.15) is 0 Å². The molecule has 1 aliphatic carbocycles. The number of thioether (sulfide) groups is 1. The first-order valence-electron chi connectivity index (χ1n) is 12.3. The van der Waals surface area contributed by atoms with E-state index < -0.39 is 5.97 Å². The number of aryl methyl sites for hydroxylation is 2. The molecule has 4 rings (SSSR count). The maximum atomic E-state index is 11.1. The zero-order valence-electron chi connectivity index (χ0n) is 21.4. The Hall–Kier alpha value is -3.03. The predicted molar refractivity (Wildman–Crippen MR) is 146 cm³/mol. The molecule has 0 radical (unpaired) electrons. The van der Waals surface area contributed by atoms with Crippen LogP contribution in [0.3, 0.4) is 0 Å². The molecule has 2 aromatic rings. The molecule has 7 heteroatoms. The molecule has 1 N–H and O–H groups in total. The SMILES string of the molecule is Cc1cc(OCCCN(C)C)cc(C)c1-c1cccc(OC=C2C=C3SCC(CC(=O)O)C3=CC2)n1. The molecule has 1 aromatic heterocycles. The van der Waals surface area contributed by atoms with Crippen molar-refractivity contribution in [2.24, 2.45) is 5.92 Å². The van der Waals surface area contributed by atoms with E-state index in [0.717, 1.165) is 69.3 Å². The molecular formula is C29H34N2O4S. The van der Waals surface area contributed by atoms with Gasteiger partial charge in [-0.1, -0.05) is 12.1 Å². The third-order valence-electron chi connectivity index (χ3n) is 6.29. The number of carboxylic acids is 1. The molecule has 6 nitrogen and oxygen atoms in total. The van der Waals surface area contributed by atoms with Crippen molar-refractivity contribution in [2.45, 2.75) is 33.1 Å². The standard InChI is InChI=1S/C29H34N2O4S/c1-19-13-23(34-12-6-11-31(3)4)14-20(2)29(19)25-7-5-8-27(30-25)35-17-21-9-10-24-22(16-28(32)33)18-36-26(24)15-21/h5,7-8,10,13-15,17,22H,6,9,11-12,16,18H2,1-4H3,(H,32,33). The highest BCUT2D eigenvalue weighted by Crippen LogP contribution is 2.45. The fourth-order valence-corrected chi connectivity index (χ4v) is 5.94. The second-order valence-electron chi connectivity index (χ2n) is 9.59. The van der Waals surface area contributed by atoms with Gasteiger partial charge < -0.3 is 19.5 Å². The third kappa shape index (κ3) is 6.59. The van der Waals surface area contributed by atoms with Gasteiger partial charge in [0, 0.05) is 34.8 Å². The molecule has 190 valence electrons. The second-order valence-corrected chi connectivity index (χ2v) is 10.6. The number of pyridine rings is 1. The molecule has 0 saturated carbocycles. The van der Waals surface area contributed by atoms with E-state index in [1.165, 1.54) is 0 Å². The average Bonchev–Trinajstić information content (AvgIpc) is 3.21. The van der Waals surface area contributed by atoms with E-state index >= 15 is 0 Å². The van der Waals surface area contributed by atoms with Crippen molar-refractivity contribution in [2.75, 3.05) is 33.0 Å². The highest BCUT2D eigenvalue weighted by molar-refractivity contribution is 8.03. The zero-order chi connectivity index (χ0) is 25.7. The summed E-state index contributed by atoms with van der Waals surface area (Å²) in [6, 6.07) is 9.97. The van der Waals surface area contributed by atoms with E-state index in [2.05, 4.69) is 57.1 Å². The van der Waals surface area contributed by atoms with Crippen LogP contribution in [0.1, 0.15) is 30.4 Å². The van der Waals surface area contributed by atoms with Crippen LogP contribution in [0.4, 0.5) is 0 Å². The number of fused-ring (bicyclic) bond motifs is 1. The fraction of sp³-hybridized carbons (Fsp3) is 0.379. The second kappa shape index (κ2) is 11.8. The number of aromatic nitrogens is 1. The van der Waals surface area contributed by atoms with E-state index in [1.807, 2.05) is 18.2 Å². The Balaban J connectivity index is 1.43. The van der Waals surface area contributed by atoms with Crippen LogP contribution in [0.5, 0.6) is 11.6 Å². The average molecular weight is 507 g/mol. The summed E-state index contributed by atoms with van der Waals surface area (Å²) in [4.78, 5) is 19.2. The highest BCUT2D eigenvalue weighted by Gasteiger charge is 2.29. The van der Waals surface area contributed by atoms with Crippen LogP contribution in [0.2, 0.25) is 0 Å². The maximum absolute atomic E-state index is 11.1. The van der Waals surface area contributed by atoms with Gasteiger partial charge in [0.1, 0.15) is 5.75 Å². The van der Waals surface area contributed by atoms with E-state index in [4.69, 9.17) is 19.6 Å². The van der Waals surface area contributed by atoms with Gasteiger partial charge in [-0.05, 0) is 87.3 Å². The van der Waals surface area contributed by atoms with Crippen LogP contribution in [0.25, 0.3) is 11.3 Å². The first-order valence-corrected chi connectivity index (χ1v) is 13.3. The van der Waals surface area contributed by atoms with E-state index in [0.29, 0.717) is 12.5 Å². The van der Waals surface area contributed by atoms with Crippen molar-refractivity contribution >= 4 is 17.7 Å². The molecule has 1 unspecified atom stereocenters. The summed E-state index contributed by atoms with van der Waals surface area (Å²) in [6.45, 7) is 5.86. The molecule has 2 heterocycles. The van der Waals surface area contributed by atoms with Gasteiger partial charge in [0.05, 0.1) is 25.0 Å². The van der Waals surface area contributed by atoms with Crippen molar-refractivity contribution in [1.29, 1.82) is 0 Å². The van der Waals surface area contributed by atoms with Gasteiger partial charge in [-0.25, -0.2) is 4.98 Å². The number of hydrogen-bond donors (Lipinski definition) is 1. The van der Waals surface area contributed by atoms with Gasteiger partial charge in [0.15, 0.2) is 0 Å². The van der Waals surface area contributed by atoms with E-state index in [1.54, 1.807) is 18.0 Å². The number of carbonyl (C=O) groups is 1. The quantitative estimate of drug-likeness (QED) is 0.312. The number of hydrogen-bond acceptors (Lipinski definition) is 6. The smallest absolute Gasteiger partial charge is 0.303 e. The Kier molecular flexibility index (Phi) is 8.54. The van der Waals surface area contributed by atoms with Gasteiger partial charge in [-0.15, -0.1) is 11.8 Å². The maximum Gasteiger partial charge on any atom is 0.303 e. The van der Waals surface area contributed by atoms with Crippen molar-refractivity contribution < 1.29 is 19.4 Å². The Morgan fingerprint density at radius 3 is 2.75 bits per heavy atom. The minimum atomic E-state index is -0.744. The van der Waals surface area contributed by atoms with Gasteiger partial charge in [-0.3, -0.25) is 4.79 Å². The summed E-state index contributed by atoms with van der Waals surface area (Å²) in [5.74, 6) is 1.60. The normalized spacial score (nSPS) is 18.1. The summed E-state index contributed by atoms with van der Waals surface area (Å²) in [7, 11) is 4.13. The zero-order valence-corrected chi connectivity index (χ0v) is 22.2. The van der Waals surface area contributed by atoms with Crippen LogP contribution >= 0.6 is 11.8 Å². The summed E-state index contributed by atoms with van der Waals surface area (Å²) < 4.78 is 11.9. The minimum Gasteiger partial charge on any atom is -0.494 e. The fourth-order valence-electron chi connectivity index (χ4n) is 4.61. The molecule has 0 amide bonds. The molecule has 1 saturated heterocycles. The highest BCUT2D eigenvalue weighted by atomic mass is 32.2. The topological polar surface area (TPSA) is 71.9 Å². The van der Waals surface area contributed by atoms with Crippen LogP contribution in [0.15, 0.2) is 64.8 Å². The van der Waals surface area contributed by atoms with Crippen LogP contribution < -0.4 is 9.47 Å². The molecule has 1 atom stereocenters. The molecule has 1 aliphatic heterocycles. The van der Waals surface area contributed by atoms with Gasteiger partial charge in [0.25, 0.3) is 0 Å². The Morgan fingerprint density at radius 1 is 1.25 bits per heavy atom. The van der Waals surface area contributed by atoms with Crippen LogP contribution in [-0.2, 0) is 4.79 Å². The first-order chi connectivity index (χ1) is 17.3. The lowest BCUT2D eigenvalue weighted by molar-refractivity contribution is -0.137. The lowest BCUT2D eigenvalue weighted by Crippen LogP contribution is -2.15. The van der Waals surface area contributed by atoms with E-state index in [-0.39, 0.29) is 12.3 Å². The van der Waals surface area contributed by atoms with E-state index in [9.17, 15) is 4.79 Å². The van der Waals surface area contributed by atoms with Crippen molar-refractivity contribution in [1.82, 2.24) is 9.88 Å². The minimum absolute atomic E-state index is 0.0980. The van der Waals surface area contributed by atoms with Crippen molar-refractivity contribution in [3.63, 3.8) is 0 Å². The Labute approximate surface area is 217 Å². The lowest BCUT2D eigenvalue weighted by Gasteiger charge is -2.15. The largest absolute Gasteiger partial charge is 0.494 e. The van der Waals surface area contributed by atoms with Crippen LogP contribution in [0, 0.1) is 19.8 Å². The Bertz CT molecular complexity index is 1190. The lowest BCUT2D eigenvalue weighted by atomic mass is 9.92. The number of rotatable bonds is 10. The predicted octanol–water partition coefficient (Wildman–Crippen LogP) is 6.01.